The molecule has 28 heavy (non-hydrogen) atoms. The van der Waals surface area contributed by atoms with Gasteiger partial charge in [0.2, 0.25) is 17.7 Å². The number of carbonyl (C=O) groups excluding carboxylic acids is 3. The van der Waals surface area contributed by atoms with E-state index in [9.17, 15) is 14.4 Å². The molecule has 0 bridgehead atoms. The zero-order valence-corrected chi connectivity index (χ0v) is 16.4. The molecule has 5 heteroatoms. The molecule has 5 nitrogen and oxygen atoms in total. The van der Waals surface area contributed by atoms with E-state index >= 15 is 0 Å². The zero-order chi connectivity index (χ0) is 19.5. The van der Waals surface area contributed by atoms with E-state index in [1.165, 1.54) is 23.3 Å². The molecule has 2 saturated carbocycles. The second-order valence-electron chi connectivity index (χ2n) is 8.67. The fourth-order valence-corrected chi connectivity index (χ4v) is 5.35. The Balaban J connectivity index is 1.41. The summed E-state index contributed by atoms with van der Waals surface area (Å²) < 4.78 is 0. The average Bonchev–Trinajstić information content (AvgIpc) is 3.33. The quantitative estimate of drug-likeness (QED) is 0.769. The molecule has 1 aromatic rings. The topological polar surface area (TPSA) is 66.5 Å². The third-order valence-electron chi connectivity index (χ3n) is 6.85. The highest BCUT2D eigenvalue weighted by molar-refractivity contribution is 6.07. The second-order valence-corrected chi connectivity index (χ2v) is 8.67. The van der Waals surface area contributed by atoms with Crippen LogP contribution in [0.5, 0.6) is 0 Å². The molecule has 3 aliphatic rings. The van der Waals surface area contributed by atoms with Crippen molar-refractivity contribution in [2.24, 2.45) is 17.8 Å². The Kier molecular flexibility index (Phi) is 5.79. The van der Waals surface area contributed by atoms with Crippen LogP contribution in [0.4, 0.5) is 0 Å². The lowest BCUT2D eigenvalue weighted by Crippen LogP contribution is -2.47. The van der Waals surface area contributed by atoms with Crippen LogP contribution in [0.2, 0.25) is 0 Å². The van der Waals surface area contributed by atoms with Crippen molar-refractivity contribution in [2.75, 3.05) is 6.54 Å². The highest BCUT2D eigenvalue weighted by atomic mass is 16.2. The lowest BCUT2D eigenvalue weighted by atomic mass is 9.81. The first kappa shape index (κ1) is 19.2. The van der Waals surface area contributed by atoms with Gasteiger partial charge in [-0.25, -0.2) is 0 Å². The van der Waals surface area contributed by atoms with Crippen molar-refractivity contribution in [3.05, 3.63) is 35.9 Å². The van der Waals surface area contributed by atoms with Gasteiger partial charge in [-0.15, -0.1) is 0 Å². The van der Waals surface area contributed by atoms with Crippen molar-refractivity contribution in [2.45, 2.75) is 63.8 Å². The van der Waals surface area contributed by atoms with Gasteiger partial charge in [-0.05, 0) is 43.6 Å². The number of carbonyl (C=O) groups is 3. The Morgan fingerprint density at radius 3 is 2.11 bits per heavy atom. The van der Waals surface area contributed by atoms with E-state index in [-0.39, 0.29) is 42.1 Å². The van der Waals surface area contributed by atoms with Gasteiger partial charge in [0.05, 0.1) is 11.8 Å². The first-order valence-corrected chi connectivity index (χ1v) is 10.8. The number of amides is 3. The lowest BCUT2D eigenvalue weighted by Gasteiger charge is -2.26. The smallest absolute Gasteiger partial charge is 0.240 e. The summed E-state index contributed by atoms with van der Waals surface area (Å²) in [5.74, 6) is -0.381. The Bertz CT molecular complexity index is 703. The number of rotatable bonds is 6. The van der Waals surface area contributed by atoms with Gasteiger partial charge in [0.25, 0.3) is 0 Å². The van der Waals surface area contributed by atoms with Crippen LogP contribution >= 0.6 is 0 Å². The maximum absolute atomic E-state index is 12.8. The number of fused-ring (bicyclic) bond motifs is 1. The third-order valence-corrected chi connectivity index (χ3v) is 6.85. The van der Waals surface area contributed by atoms with Crippen LogP contribution in [0.1, 0.15) is 56.9 Å². The maximum Gasteiger partial charge on any atom is 0.240 e. The highest BCUT2D eigenvalue weighted by Gasteiger charge is 2.48. The average molecular weight is 383 g/mol. The Morgan fingerprint density at radius 1 is 0.929 bits per heavy atom. The van der Waals surface area contributed by atoms with Crippen molar-refractivity contribution < 1.29 is 14.4 Å². The van der Waals surface area contributed by atoms with Crippen molar-refractivity contribution in [1.29, 1.82) is 0 Å². The summed E-state index contributed by atoms with van der Waals surface area (Å²) >= 11 is 0. The van der Waals surface area contributed by atoms with E-state index in [1.54, 1.807) is 0 Å². The first-order chi connectivity index (χ1) is 13.6. The molecule has 3 atom stereocenters. The minimum atomic E-state index is -0.201. The summed E-state index contributed by atoms with van der Waals surface area (Å²) in [5.41, 5.74) is 1.21. The van der Waals surface area contributed by atoms with Gasteiger partial charge in [-0.1, -0.05) is 56.0 Å². The molecule has 3 unspecified atom stereocenters. The van der Waals surface area contributed by atoms with E-state index < -0.39 is 0 Å². The van der Waals surface area contributed by atoms with Crippen molar-refractivity contribution >= 4 is 17.7 Å². The van der Waals surface area contributed by atoms with Gasteiger partial charge in [0.15, 0.2) is 0 Å². The van der Waals surface area contributed by atoms with Gasteiger partial charge < -0.3 is 5.32 Å². The van der Waals surface area contributed by atoms with Gasteiger partial charge in [-0.2, -0.15) is 0 Å². The monoisotopic (exact) mass is 382 g/mol. The summed E-state index contributed by atoms with van der Waals surface area (Å²) in [6.07, 6.45) is 9.04. The van der Waals surface area contributed by atoms with Gasteiger partial charge >= 0.3 is 0 Å². The van der Waals surface area contributed by atoms with Gasteiger partial charge in [-0.3, -0.25) is 19.3 Å². The molecule has 1 N–H and O–H groups in total. The molecular weight excluding hydrogens is 352 g/mol. The van der Waals surface area contributed by atoms with Crippen LogP contribution in [-0.2, 0) is 20.8 Å². The number of hydrogen-bond acceptors (Lipinski definition) is 3. The van der Waals surface area contributed by atoms with E-state index in [0.29, 0.717) is 5.92 Å². The van der Waals surface area contributed by atoms with E-state index in [1.807, 2.05) is 18.2 Å². The first-order valence-electron chi connectivity index (χ1n) is 10.8. The van der Waals surface area contributed by atoms with Crippen LogP contribution < -0.4 is 5.32 Å². The fraction of sp³-hybridized carbons (Fsp3) is 0.609. The molecule has 1 aromatic carbocycles. The fourth-order valence-electron chi connectivity index (χ4n) is 5.35. The van der Waals surface area contributed by atoms with E-state index in [4.69, 9.17) is 0 Å². The summed E-state index contributed by atoms with van der Waals surface area (Å²) in [4.78, 5) is 39.3. The van der Waals surface area contributed by atoms with Crippen LogP contribution in [0.15, 0.2) is 30.3 Å². The van der Waals surface area contributed by atoms with E-state index in [2.05, 4.69) is 17.4 Å². The largest absolute Gasteiger partial charge is 0.351 e. The summed E-state index contributed by atoms with van der Waals surface area (Å²) in [7, 11) is 0. The Hall–Kier alpha value is -2.17. The van der Waals surface area contributed by atoms with Gasteiger partial charge in [0, 0.05) is 6.04 Å². The number of benzene rings is 1. The van der Waals surface area contributed by atoms with Crippen LogP contribution in [0.25, 0.3) is 0 Å². The Labute approximate surface area is 166 Å². The number of likely N-dealkylation sites (tertiary alicyclic amines) is 1. The molecule has 0 aromatic heterocycles. The molecule has 1 heterocycles. The molecule has 150 valence electrons. The minimum absolute atomic E-state index is 0.0625. The van der Waals surface area contributed by atoms with Crippen LogP contribution in [0, 0.1) is 17.8 Å². The zero-order valence-electron chi connectivity index (χ0n) is 16.4. The normalized spacial score (nSPS) is 26.4. The number of nitrogens with zero attached hydrogens (tertiary/aromatic N) is 1. The Morgan fingerprint density at radius 2 is 1.50 bits per heavy atom. The molecule has 1 aliphatic heterocycles. The minimum Gasteiger partial charge on any atom is -0.351 e. The second kappa shape index (κ2) is 8.46. The maximum atomic E-state index is 12.8. The van der Waals surface area contributed by atoms with E-state index in [0.717, 1.165) is 44.9 Å². The number of nitrogens with one attached hydrogen (secondary N) is 1. The standard InChI is InChI=1S/C23H30N2O3/c26-21(15-25-22(27)18-12-6-7-13-19(18)23(25)28)24-20(17-10-4-5-11-17)14-16-8-2-1-3-9-16/h1-3,8-9,17-20H,4-7,10-15H2,(H,24,26). The molecule has 3 amide bonds. The van der Waals surface area contributed by atoms with Crippen molar-refractivity contribution in [3.63, 3.8) is 0 Å². The van der Waals surface area contributed by atoms with Gasteiger partial charge in [0.1, 0.15) is 6.54 Å². The molecule has 0 spiro atoms. The molecule has 3 fully saturated rings. The molecule has 1 saturated heterocycles. The summed E-state index contributed by atoms with van der Waals surface area (Å²) in [6.45, 7) is -0.122. The lowest BCUT2D eigenvalue weighted by molar-refractivity contribution is -0.143. The van der Waals surface area contributed by atoms with Crippen LogP contribution in [0.3, 0.4) is 0 Å². The predicted octanol–water partition coefficient (Wildman–Crippen LogP) is 3.08. The van der Waals surface area contributed by atoms with Crippen molar-refractivity contribution in [3.8, 4) is 0 Å². The highest BCUT2D eigenvalue weighted by Crippen LogP contribution is 2.38. The third kappa shape index (κ3) is 3.98. The summed E-state index contributed by atoms with van der Waals surface area (Å²) in [5, 5.41) is 3.17. The number of imide groups is 1. The van der Waals surface area contributed by atoms with Crippen molar-refractivity contribution in [1.82, 2.24) is 10.2 Å². The molecular formula is C23H30N2O3. The SMILES string of the molecule is O=C(CN1C(=O)C2CCCCC2C1=O)NC(Cc1ccccc1)C1CCCC1. The van der Waals surface area contributed by atoms with Crippen LogP contribution in [-0.4, -0.2) is 35.2 Å². The number of hydrogen-bond donors (Lipinski definition) is 1. The summed E-state index contributed by atoms with van der Waals surface area (Å²) in [6, 6.07) is 10.3. The molecule has 0 radical (unpaired) electrons. The molecule has 2 aliphatic carbocycles. The molecule has 4 rings (SSSR count). The predicted molar refractivity (Wildman–Crippen MR) is 106 cm³/mol.